The number of anilines is 1. The van der Waals surface area contributed by atoms with Gasteiger partial charge in [0.2, 0.25) is 0 Å². The van der Waals surface area contributed by atoms with E-state index in [-0.39, 0.29) is 24.6 Å². The number of carbonyl (C=O) groups excluding carboxylic acids is 1. The summed E-state index contributed by atoms with van der Waals surface area (Å²) in [5.74, 6) is -1.55. The van der Waals surface area contributed by atoms with Crippen LogP contribution in [0.15, 0.2) is 40.8 Å². The highest BCUT2D eigenvalue weighted by molar-refractivity contribution is 7.14. The molecule has 0 radical (unpaired) electrons. The molecule has 1 fully saturated rings. The van der Waals surface area contributed by atoms with Gasteiger partial charge in [0, 0.05) is 41.4 Å². The van der Waals surface area contributed by atoms with E-state index in [1.807, 2.05) is 5.38 Å². The van der Waals surface area contributed by atoms with Gasteiger partial charge in [0.25, 0.3) is 0 Å². The molecule has 0 aliphatic carbocycles. The van der Waals surface area contributed by atoms with Crippen LogP contribution in [0.5, 0.6) is 5.75 Å². The minimum absolute atomic E-state index is 0.0361. The second kappa shape index (κ2) is 9.55. The monoisotopic (exact) mass is 483 g/mol. The summed E-state index contributed by atoms with van der Waals surface area (Å²) in [6.45, 7) is 2.03. The van der Waals surface area contributed by atoms with E-state index in [4.69, 9.17) is 9.72 Å². The lowest BCUT2D eigenvalue weighted by Crippen LogP contribution is -2.36. The lowest BCUT2D eigenvalue weighted by molar-refractivity contribution is 0.0998. The quantitative estimate of drug-likeness (QED) is 0.546. The molecule has 2 aliphatic rings. The van der Waals surface area contributed by atoms with Crippen LogP contribution in [0.3, 0.4) is 0 Å². The Bertz CT molecular complexity index is 1230. The Labute approximate surface area is 199 Å². The molecule has 176 valence electrons. The molecule has 0 saturated carbocycles. The van der Waals surface area contributed by atoms with Crippen molar-refractivity contribution < 1.29 is 18.3 Å². The standard InChI is InChI=1S/C24H23F2N5O2S/c1-31-6-3-16(4-7-31)29-24-30-20(13-34-24)23-22-19(2-5-27-23)21(32)11-17(28-22)12-33-18-9-14(25)8-15(26)10-18/h2,5,8-10,13,16H,3-4,6-7,11-12H2,1H3,(H,29,30). The molecular weight excluding hydrogens is 460 g/mol. The van der Waals surface area contributed by atoms with E-state index < -0.39 is 11.6 Å². The Kier molecular flexibility index (Phi) is 6.34. The maximum atomic E-state index is 13.4. The summed E-state index contributed by atoms with van der Waals surface area (Å²) in [5, 5.41) is 6.22. The van der Waals surface area contributed by atoms with Crippen molar-refractivity contribution in [2.75, 3.05) is 32.1 Å². The predicted molar refractivity (Wildman–Crippen MR) is 127 cm³/mol. The SMILES string of the molecule is CN1CCC(Nc2nc(-c3nccc4c3N=C(COc3cc(F)cc(F)c3)CC4=O)cs2)CC1. The summed E-state index contributed by atoms with van der Waals surface area (Å²) in [5.41, 5.74) is 2.54. The van der Waals surface area contributed by atoms with Crippen LogP contribution in [0.25, 0.3) is 11.4 Å². The molecular formula is C24H23F2N5O2S. The predicted octanol–water partition coefficient (Wildman–Crippen LogP) is 4.73. The zero-order valence-electron chi connectivity index (χ0n) is 18.6. The lowest BCUT2D eigenvalue weighted by Gasteiger charge is -2.29. The second-order valence-corrected chi connectivity index (χ2v) is 9.35. The smallest absolute Gasteiger partial charge is 0.183 e. The number of pyridine rings is 1. The van der Waals surface area contributed by atoms with Gasteiger partial charge in [0.05, 0.1) is 12.1 Å². The molecule has 0 unspecified atom stereocenters. The molecule has 1 saturated heterocycles. The number of aliphatic imine (C=N–C) groups is 1. The minimum Gasteiger partial charge on any atom is -0.487 e. The van der Waals surface area contributed by atoms with Crippen LogP contribution in [0, 0.1) is 11.6 Å². The van der Waals surface area contributed by atoms with Gasteiger partial charge in [0.15, 0.2) is 10.9 Å². The summed E-state index contributed by atoms with van der Waals surface area (Å²) in [6, 6.07) is 4.97. The van der Waals surface area contributed by atoms with E-state index in [2.05, 4.69) is 27.2 Å². The number of likely N-dealkylation sites (tertiary alicyclic amines) is 1. The number of hydrogen-bond donors (Lipinski definition) is 1. The number of benzene rings is 1. The number of fused-ring (bicyclic) bond motifs is 1. The van der Waals surface area contributed by atoms with E-state index in [9.17, 15) is 13.6 Å². The highest BCUT2D eigenvalue weighted by Gasteiger charge is 2.25. The van der Waals surface area contributed by atoms with Crippen molar-refractivity contribution >= 4 is 33.7 Å². The van der Waals surface area contributed by atoms with Gasteiger partial charge >= 0.3 is 0 Å². The van der Waals surface area contributed by atoms with Crippen LogP contribution in [0.1, 0.15) is 29.6 Å². The van der Waals surface area contributed by atoms with Gasteiger partial charge in [-0.25, -0.2) is 13.8 Å². The van der Waals surface area contributed by atoms with Crippen molar-refractivity contribution in [2.24, 2.45) is 4.99 Å². The number of halogens is 2. The molecule has 7 nitrogen and oxygen atoms in total. The minimum atomic E-state index is -0.735. The Hall–Kier alpha value is -3.24. The third-order valence-corrected chi connectivity index (χ3v) is 6.67. The fourth-order valence-corrected chi connectivity index (χ4v) is 4.87. The Morgan fingerprint density at radius 1 is 1.21 bits per heavy atom. The van der Waals surface area contributed by atoms with Crippen LogP contribution < -0.4 is 10.1 Å². The molecule has 34 heavy (non-hydrogen) atoms. The summed E-state index contributed by atoms with van der Waals surface area (Å²) < 4.78 is 32.4. The van der Waals surface area contributed by atoms with Gasteiger partial charge in [-0.15, -0.1) is 11.3 Å². The first-order valence-electron chi connectivity index (χ1n) is 11.0. The van der Waals surface area contributed by atoms with Crippen molar-refractivity contribution in [1.29, 1.82) is 0 Å². The number of ether oxygens (including phenoxy) is 1. The largest absolute Gasteiger partial charge is 0.487 e. The van der Waals surface area contributed by atoms with Gasteiger partial charge in [0.1, 0.15) is 41.1 Å². The molecule has 10 heteroatoms. The van der Waals surface area contributed by atoms with Crippen molar-refractivity contribution in [3.05, 3.63) is 53.0 Å². The Balaban J connectivity index is 1.36. The van der Waals surface area contributed by atoms with Gasteiger partial charge in [-0.05, 0) is 39.0 Å². The fraction of sp³-hybridized carbons (Fsp3) is 0.333. The van der Waals surface area contributed by atoms with E-state index in [1.165, 1.54) is 11.3 Å². The molecule has 4 heterocycles. The third kappa shape index (κ3) is 4.97. The van der Waals surface area contributed by atoms with E-state index in [0.29, 0.717) is 34.4 Å². The molecule has 0 atom stereocenters. The van der Waals surface area contributed by atoms with E-state index in [0.717, 1.165) is 49.3 Å². The molecule has 0 bridgehead atoms. The average Bonchev–Trinajstić information content (AvgIpc) is 3.26. The van der Waals surface area contributed by atoms with Crippen LogP contribution in [0.4, 0.5) is 19.6 Å². The first-order valence-corrected chi connectivity index (χ1v) is 11.9. The molecule has 2 aliphatic heterocycles. The number of hydrogen-bond acceptors (Lipinski definition) is 8. The number of thiazole rings is 1. The molecule has 3 aromatic rings. The fourth-order valence-electron chi connectivity index (χ4n) is 4.10. The van der Waals surface area contributed by atoms with Gasteiger partial charge < -0.3 is 15.0 Å². The number of ketones is 1. The van der Waals surface area contributed by atoms with E-state index in [1.54, 1.807) is 12.3 Å². The number of nitrogens with one attached hydrogen (secondary N) is 1. The molecule has 0 amide bonds. The van der Waals surface area contributed by atoms with Gasteiger partial charge in [-0.1, -0.05) is 0 Å². The highest BCUT2D eigenvalue weighted by atomic mass is 32.1. The van der Waals surface area contributed by atoms with Crippen LogP contribution in [-0.2, 0) is 0 Å². The third-order valence-electron chi connectivity index (χ3n) is 5.89. The van der Waals surface area contributed by atoms with Crippen LogP contribution in [0.2, 0.25) is 0 Å². The summed E-state index contributed by atoms with van der Waals surface area (Å²) in [6.07, 6.45) is 3.76. The normalized spacial score (nSPS) is 16.8. The zero-order valence-corrected chi connectivity index (χ0v) is 19.4. The summed E-state index contributed by atoms with van der Waals surface area (Å²) in [4.78, 5) is 28.9. The maximum absolute atomic E-state index is 13.4. The number of nitrogens with zero attached hydrogens (tertiary/aromatic N) is 4. The van der Waals surface area contributed by atoms with Crippen molar-refractivity contribution in [3.8, 4) is 17.1 Å². The molecule has 0 spiro atoms. The Morgan fingerprint density at radius 3 is 2.74 bits per heavy atom. The first kappa shape index (κ1) is 22.5. The molecule has 2 aromatic heterocycles. The Morgan fingerprint density at radius 2 is 1.97 bits per heavy atom. The number of Topliss-reactive ketones (excluding diaryl/α,β-unsaturated/α-hetero) is 1. The number of aromatic nitrogens is 2. The average molecular weight is 484 g/mol. The second-order valence-electron chi connectivity index (χ2n) is 8.49. The van der Waals surface area contributed by atoms with Crippen molar-refractivity contribution in [3.63, 3.8) is 0 Å². The lowest BCUT2D eigenvalue weighted by atomic mass is 9.99. The molecule has 1 aromatic carbocycles. The van der Waals surface area contributed by atoms with Gasteiger partial charge in [-0.3, -0.25) is 14.8 Å². The maximum Gasteiger partial charge on any atom is 0.183 e. The number of rotatable bonds is 6. The summed E-state index contributed by atoms with van der Waals surface area (Å²) >= 11 is 1.50. The van der Waals surface area contributed by atoms with Crippen LogP contribution >= 0.6 is 11.3 Å². The number of piperidine rings is 1. The van der Waals surface area contributed by atoms with Crippen molar-refractivity contribution in [2.45, 2.75) is 25.3 Å². The number of carbonyl (C=O) groups is 1. The van der Waals surface area contributed by atoms with Crippen molar-refractivity contribution in [1.82, 2.24) is 14.9 Å². The zero-order chi connectivity index (χ0) is 23.7. The topological polar surface area (TPSA) is 79.7 Å². The first-order chi connectivity index (χ1) is 16.4. The summed E-state index contributed by atoms with van der Waals surface area (Å²) in [7, 11) is 2.12. The van der Waals surface area contributed by atoms with E-state index >= 15 is 0 Å². The molecule has 5 rings (SSSR count). The van der Waals surface area contributed by atoms with Crippen LogP contribution in [-0.4, -0.2) is 59.1 Å². The van der Waals surface area contributed by atoms with Gasteiger partial charge in [-0.2, -0.15) is 0 Å². The highest BCUT2D eigenvalue weighted by Crippen LogP contribution is 2.36. The molecule has 1 N–H and O–H groups in total.